The van der Waals surface area contributed by atoms with Gasteiger partial charge in [-0.15, -0.1) is 10.2 Å². The second kappa shape index (κ2) is 7.91. The summed E-state index contributed by atoms with van der Waals surface area (Å²) in [5.74, 6) is 0.305. The Labute approximate surface area is 160 Å². The van der Waals surface area contributed by atoms with Crippen LogP contribution in [0.2, 0.25) is 0 Å². The molecule has 0 N–H and O–H groups in total. The maximum atomic E-state index is 12.3. The number of hydrogen-bond acceptors (Lipinski definition) is 7. The van der Waals surface area contributed by atoms with Crippen molar-refractivity contribution in [3.8, 4) is 17.2 Å². The SMILES string of the molecule is O=C(CN1C(=O)CCOc2ccccc21)OCc1nnc(-c2ccccc2)o1. The van der Waals surface area contributed by atoms with Crippen molar-refractivity contribution in [3.63, 3.8) is 0 Å². The third-order valence-corrected chi connectivity index (χ3v) is 4.16. The summed E-state index contributed by atoms with van der Waals surface area (Å²) in [5.41, 5.74) is 1.32. The molecular formula is C20H17N3O5. The van der Waals surface area contributed by atoms with Crippen molar-refractivity contribution < 1.29 is 23.5 Å². The molecular weight excluding hydrogens is 362 g/mol. The first-order valence-electron chi connectivity index (χ1n) is 8.76. The van der Waals surface area contributed by atoms with Gasteiger partial charge in [0.05, 0.1) is 18.7 Å². The van der Waals surface area contributed by atoms with E-state index in [4.69, 9.17) is 13.9 Å². The Morgan fingerprint density at radius 1 is 1.07 bits per heavy atom. The van der Waals surface area contributed by atoms with Crippen molar-refractivity contribution in [2.75, 3.05) is 18.1 Å². The van der Waals surface area contributed by atoms with Gasteiger partial charge in [-0.25, -0.2) is 0 Å². The van der Waals surface area contributed by atoms with Crippen LogP contribution in [0.1, 0.15) is 12.3 Å². The Hall–Kier alpha value is -3.68. The fourth-order valence-corrected chi connectivity index (χ4v) is 2.82. The van der Waals surface area contributed by atoms with Gasteiger partial charge in [0.15, 0.2) is 6.61 Å². The molecule has 1 aromatic heterocycles. The van der Waals surface area contributed by atoms with Crippen LogP contribution in [0.15, 0.2) is 59.0 Å². The fraction of sp³-hybridized carbons (Fsp3) is 0.200. The number of hydrogen-bond donors (Lipinski definition) is 0. The van der Waals surface area contributed by atoms with Crippen molar-refractivity contribution >= 4 is 17.6 Å². The average molecular weight is 379 g/mol. The summed E-state index contributed by atoms with van der Waals surface area (Å²) in [5, 5.41) is 7.83. The summed E-state index contributed by atoms with van der Waals surface area (Å²) in [7, 11) is 0. The van der Waals surface area contributed by atoms with E-state index in [9.17, 15) is 9.59 Å². The first-order valence-corrected chi connectivity index (χ1v) is 8.76. The highest BCUT2D eigenvalue weighted by molar-refractivity contribution is 5.99. The van der Waals surface area contributed by atoms with Crippen molar-refractivity contribution in [2.24, 2.45) is 0 Å². The number of rotatable bonds is 5. The molecule has 8 heteroatoms. The molecule has 3 aromatic rings. The number of carbonyl (C=O) groups excluding carboxylic acids is 2. The Bertz CT molecular complexity index is 986. The second-order valence-electron chi connectivity index (χ2n) is 6.07. The minimum absolute atomic E-state index is 0.168. The van der Waals surface area contributed by atoms with Crippen LogP contribution >= 0.6 is 0 Å². The highest BCUT2D eigenvalue weighted by Crippen LogP contribution is 2.30. The molecule has 0 fully saturated rings. The molecule has 1 aliphatic rings. The molecule has 2 aromatic carbocycles. The van der Waals surface area contributed by atoms with E-state index in [2.05, 4.69) is 10.2 Å². The minimum Gasteiger partial charge on any atom is -0.491 e. The minimum atomic E-state index is -0.579. The summed E-state index contributed by atoms with van der Waals surface area (Å²) < 4.78 is 16.3. The zero-order chi connectivity index (χ0) is 19.3. The average Bonchev–Trinajstić information content (AvgIpc) is 3.15. The molecule has 0 radical (unpaired) electrons. The molecule has 0 saturated carbocycles. The Balaban J connectivity index is 1.40. The zero-order valence-electron chi connectivity index (χ0n) is 14.9. The van der Waals surface area contributed by atoms with Crippen molar-refractivity contribution in [3.05, 3.63) is 60.5 Å². The maximum absolute atomic E-state index is 12.3. The molecule has 0 atom stereocenters. The standard InChI is InChI=1S/C20H17N3O5/c24-18-10-11-26-16-9-5-4-8-15(16)23(18)12-19(25)27-13-17-21-22-20(28-17)14-6-2-1-3-7-14/h1-9H,10-13H2. The first-order chi connectivity index (χ1) is 13.7. The third-order valence-electron chi connectivity index (χ3n) is 4.16. The number of fused-ring (bicyclic) bond motifs is 1. The number of ether oxygens (including phenoxy) is 2. The second-order valence-corrected chi connectivity index (χ2v) is 6.07. The summed E-state index contributed by atoms with van der Waals surface area (Å²) >= 11 is 0. The fourth-order valence-electron chi connectivity index (χ4n) is 2.82. The van der Waals surface area contributed by atoms with E-state index in [-0.39, 0.29) is 38.0 Å². The van der Waals surface area contributed by atoms with E-state index in [1.165, 1.54) is 4.90 Å². The molecule has 0 bridgehead atoms. The van der Waals surface area contributed by atoms with Gasteiger partial charge in [-0.1, -0.05) is 30.3 Å². The molecule has 0 saturated heterocycles. The summed E-state index contributed by atoms with van der Waals surface area (Å²) in [6.07, 6.45) is 0.187. The lowest BCUT2D eigenvalue weighted by Gasteiger charge is -2.20. The van der Waals surface area contributed by atoms with E-state index in [1.807, 2.05) is 36.4 Å². The predicted molar refractivity (Wildman–Crippen MR) is 98.4 cm³/mol. The van der Waals surface area contributed by atoms with Crippen LogP contribution in [-0.4, -0.2) is 35.2 Å². The molecule has 1 amide bonds. The van der Waals surface area contributed by atoms with Crippen LogP contribution in [0.4, 0.5) is 5.69 Å². The largest absolute Gasteiger partial charge is 0.491 e. The Morgan fingerprint density at radius 2 is 1.86 bits per heavy atom. The highest BCUT2D eigenvalue weighted by atomic mass is 16.5. The van der Waals surface area contributed by atoms with Gasteiger partial charge in [-0.05, 0) is 24.3 Å². The normalized spacial score (nSPS) is 13.4. The van der Waals surface area contributed by atoms with Crippen LogP contribution in [0.25, 0.3) is 11.5 Å². The zero-order valence-corrected chi connectivity index (χ0v) is 14.9. The van der Waals surface area contributed by atoms with Gasteiger partial charge in [0.1, 0.15) is 12.3 Å². The lowest BCUT2D eigenvalue weighted by atomic mass is 10.2. The van der Waals surface area contributed by atoms with Crippen LogP contribution in [0, 0.1) is 0 Å². The summed E-state index contributed by atoms with van der Waals surface area (Å²) in [6.45, 7) is -0.122. The lowest BCUT2D eigenvalue weighted by molar-refractivity contribution is -0.144. The van der Waals surface area contributed by atoms with Gasteiger partial charge >= 0.3 is 5.97 Å². The van der Waals surface area contributed by atoms with E-state index < -0.39 is 5.97 Å². The van der Waals surface area contributed by atoms with Crippen molar-refractivity contribution in [1.29, 1.82) is 0 Å². The third kappa shape index (κ3) is 3.85. The van der Waals surface area contributed by atoms with Crippen molar-refractivity contribution in [1.82, 2.24) is 10.2 Å². The van der Waals surface area contributed by atoms with Gasteiger partial charge in [0.2, 0.25) is 11.8 Å². The molecule has 0 aliphatic carbocycles. The predicted octanol–water partition coefficient (Wildman–Crippen LogP) is 2.60. The number of nitrogens with zero attached hydrogens (tertiary/aromatic N) is 3. The Morgan fingerprint density at radius 3 is 2.71 bits per heavy atom. The van der Waals surface area contributed by atoms with Crippen LogP contribution in [-0.2, 0) is 20.9 Å². The van der Waals surface area contributed by atoms with Crippen LogP contribution in [0.5, 0.6) is 5.75 Å². The smallest absolute Gasteiger partial charge is 0.326 e. The molecule has 28 heavy (non-hydrogen) atoms. The van der Waals surface area contributed by atoms with Gasteiger partial charge in [-0.2, -0.15) is 0 Å². The topological polar surface area (TPSA) is 94.8 Å². The molecule has 0 unspecified atom stereocenters. The van der Waals surface area contributed by atoms with Crippen LogP contribution < -0.4 is 9.64 Å². The number of anilines is 1. The van der Waals surface area contributed by atoms with E-state index in [1.54, 1.807) is 18.2 Å². The van der Waals surface area contributed by atoms with Crippen LogP contribution in [0.3, 0.4) is 0 Å². The molecule has 1 aliphatic heterocycles. The number of aromatic nitrogens is 2. The molecule has 0 spiro atoms. The summed E-state index contributed by atoms with van der Waals surface area (Å²) in [6, 6.07) is 16.4. The van der Waals surface area contributed by atoms with Crippen molar-refractivity contribution in [2.45, 2.75) is 13.0 Å². The number of esters is 1. The van der Waals surface area contributed by atoms with E-state index in [0.717, 1.165) is 5.56 Å². The first kappa shape index (κ1) is 17.7. The number of para-hydroxylation sites is 2. The lowest BCUT2D eigenvalue weighted by Crippen LogP contribution is -2.36. The molecule has 8 nitrogen and oxygen atoms in total. The van der Waals surface area contributed by atoms with E-state index >= 15 is 0 Å². The molecule has 2 heterocycles. The van der Waals surface area contributed by atoms with Gasteiger partial charge in [0.25, 0.3) is 5.89 Å². The number of carbonyl (C=O) groups is 2. The summed E-state index contributed by atoms with van der Waals surface area (Å²) in [4.78, 5) is 26.0. The molecule has 4 rings (SSSR count). The molecule has 142 valence electrons. The van der Waals surface area contributed by atoms with Gasteiger partial charge < -0.3 is 13.9 Å². The monoisotopic (exact) mass is 379 g/mol. The van der Waals surface area contributed by atoms with E-state index in [0.29, 0.717) is 17.3 Å². The van der Waals surface area contributed by atoms with Gasteiger partial charge in [0, 0.05) is 5.56 Å². The Kier molecular flexibility index (Phi) is 5.01. The maximum Gasteiger partial charge on any atom is 0.326 e. The highest BCUT2D eigenvalue weighted by Gasteiger charge is 2.25. The quantitative estimate of drug-likeness (QED) is 0.629. The number of benzene rings is 2. The van der Waals surface area contributed by atoms with Gasteiger partial charge in [-0.3, -0.25) is 14.5 Å². The number of amides is 1.